The van der Waals surface area contributed by atoms with Gasteiger partial charge in [-0.15, -0.1) is 0 Å². The molecule has 0 bridgehead atoms. The quantitative estimate of drug-likeness (QED) is 0.721. The van der Waals surface area contributed by atoms with E-state index in [4.69, 9.17) is 0 Å². The van der Waals surface area contributed by atoms with Crippen molar-refractivity contribution in [3.05, 3.63) is 69.3 Å². The van der Waals surface area contributed by atoms with E-state index in [2.05, 4.69) is 19.1 Å². The Kier molecular flexibility index (Phi) is 3.57. The summed E-state index contributed by atoms with van der Waals surface area (Å²) in [5.41, 5.74) is 7.14. The molecule has 0 radical (unpaired) electrons. The van der Waals surface area contributed by atoms with Gasteiger partial charge in [-0.05, 0) is 57.4 Å². The smallest absolute Gasteiger partial charge is 0.193 e. The molecule has 0 fully saturated rings. The van der Waals surface area contributed by atoms with Gasteiger partial charge in [-0.1, -0.05) is 35.4 Å². The molecule has 0 saturated carbocycles. The lowest BCUT2D eigenvalue weighted by Gasteiger charge is -2.12. The van der Waals surface area contributed by atoms with Crippen molar-refractivity contribution in [1.82, 2.24) is 0 Å². The van der Waals surface area contributed by atoms with Crippen LogP contribution in [0.1, 0.15) is 43.7 Å². The second-order valence-corrected chi connectivity index (χ2v) is 5.42. The monoisotopic (exact) mass is 252 g/mol. The largest absolute Gasteiger partial charge is 0.289 e. The minimum absolute atomic E-state index is 0.135. The highest BCUT2D eigenvalue weighted by Crippen LogP contribution is 2.22. The van der Waals surface area contributed by atoms with E-state index in [1.807, 2.05) is 45.9 Å². The summed E-state index contributed by atoms with van der Waals surface area (Å²) in [6, 6.07) is 10.2. The lowest BCUT2D eigenvalue weighted by atomic mass is 9.91. The fourth-order valence-corrected chi connectivity index (χ4v) is 2.65. The number of hydrogen-bond acceptors (Lipinski definition) is 1. The molecular formula is C18H20O. The highest BCUT2D eigenvalue weighted by atomic mass is 16.1. The summed E-state index contributed by atoms with van der Waals surface area (Å²) in [5.74, 6) is 0.135. The predicted octanol–water partition coefficient (Wildman–Crippen LogP) is 4.46. The van der Waals surface area contributed by atoms with Crippen molar-refractivity contribution in [2.24, 2.45) is 0 Å². The van der Waals surface area contributed by atoms with Crippen LogP contribution in [0.3, 0.4) is 0 Å². The predicted molar refractivity (Wildman–Crippen MR) is 80.0 cm³/mol. The summed E-state index contributed by atoms with van der Waals surface area (Å²) in [6.07, 6.45) is 0. The van der Waals surface area contributed by atoms with E-state index in [0.717, 1.165) is 33.4 Å². The number of hydrogen-bond donors (Lipinski definition) is 0. The molecule has 0 heterocycles. The zero-order valence-corrected chi connectivity index (χ0v) is 12.3. The highest BCUT2D eigenvalue weighted by Gasteiger charge is 2.16. The molecule has 1 nitrogen and oxygen atoms in total. The third-order valence-corrected chi connectivity index (χ3v) is 3.54. The molecule has 2 aromatic carbocycles. The van der Waals surface area contributed by atoms with Crippen LogP contribution in [0.15, 0.2) is 30.3 Å². The van der Waals surface area contributed by atoms with Crippen LogP contribution in [0.4, 0.5) is 0 Å². The molecule has 0 amide bonds. The second-order valence-electron chi connectivity index (χ2n) is 5.42. The maximum Gasteiger partial charge on any atom is 0.193 e. The fraction of sp³-hybridized carbons (Fsp3) is 0.278. The lowest BCUT2D eigenvalue weighted by molar-refractivity contribution is 0.103. The first kappa shape index (κ1) is 13.5. The summed E-state index contributed by atoms with van der Waals surface area (Å²) in [4.78, 5) is 12.8. The molecule has 0 N–H and O–H groups in total. The first-order valence-corrected chi connectivity index (χ1v) is 6.60. The minimum atomic E-state index is 0.135. The summed E-state index contributed by atoms with van der Waals surface area (Å²) in [6.45, 7) is 10.1. The molecule has 0 aliphatic heterocycles. The summed E-state index contributed by atoms with van der Waals surface area (Å²) in [7, 11) is 0. The van der Waals surface area contributed by atoms with E-state index in [0.29, 0.717) is 0 Å². The Hall–Kier alpha value is -1.89. The minimum Gasteiger partial charge on any atom is -0.289 e. The number of carbonyl (C=O) groups is 1. The Bertz CT molecular complexity index is 628. The summed E-state index contributed by atoms with van der Waals surface area (Å²) < 4.78 is 0. The molecule has 0 unspecified atom stereocenters. The molecule has 2 aromatic rings. The van der Waals surface area contributed by atoms with Gasteiger partial charge in [0, 0.05) is 11.1 Å². The van der Waals surface area contributed by atoms with Gasteiger partial charge in [-0.25, -0.2) is 0 Å². The SMILES string of the molecule is Cc1cc(C)c(C(=O)c2cc(C)ccc2C)c(C)c1. The van der Waals surface area contributed by atoms with Crippen molar-refractivity contribution in [3.8, 4) is 0 Å². The van der Waals surface area contributed by atoms with Gasteiger partial charge in [0.25, 0.3) is 0 Å². The van der Waals surface area contributed by atoms with Crippen LogP contribution in [0, 0.1) is 34.6 Å². The number of carbonyl (C=O) groups excluding carboxylic acids is 1. The topological polar surface area (TPSA) is 17.1 Å². The number of benzene rings is 2. The van der Waals surface area contributed by atoms with Crippen molar-refractivity contribution < 1.29 is 4.79 Å². The van der Waals surface area contributed by atoms with Crippen molar-refractivity contribution in [2.75, 3.05) is 0 Å². The fourth-order valence-electron chi connectivity index (χ4n) is 2.65. The van der Waals surface area contributed by atoms with E-state index in [1.54, 1.807) is 0 Å². The summed E-state index contributed by atoms with van der Waals surface area (Å²) in [5, 5.41) is 0. The zero-order chi connectivity index (χ0) is 14.2. The van der Waals surface area contributed by atoms with Crippen LogP contribution < -0.4 is 0 Å². The molecule has 98 valence electrons. The maximum atomic E-state index is 12.8. The highest BCUT2D eigenvalue weighted by molar-refractivity contribution is 6.11. The van der Waals surface area contributed by atoms with Crippen molar-refractivity contribution in [3.63, 3.8) is 0 Å². The zero-order valence-electron chi connectivity index (χ0n) is 12.3. The van der Waals surface area contributed by atoms with Gasteiger partial charge in [0.2, 0.25) is 0 Å². The van der Waals surface area contributed by atoms with Crippen LogP contribution in [-0.2, 0) is 0 Å². The average Bonchev–Trinajstić information content (AvgIpc) is 2.30. The number of rotatable bonds is 2. The standard InChI is InChI=1S/C18H20O/c1-11-6-7-13(3)16(10-11)18(19)17-14(4)8-12(2)9-15(17)5/h6-10H,1-5H3. The molecular weight excluding hydrogens is 232 g/mol. The Morgan fingerprint density at radius 1 is 0.737 bits per heavy atom. The van der Waals surface area contributed by atoms with Gasteiger partial charge in [-0.3, -0.25) is 4.79 Å². The third-order valence-electron chi connectivity index (χ3n) is 3.54. The van der Waals surface area contributed by atoms with Crippen molar-refractivity contribution >= 4 is 5.78 Å². The summed E-state index contributed by atoms with van der Waals surface area (Å²) >= 11 is 0. The number of aryl methyl sites for hydroxylation is 5. The van der Waals surface area contributed by atoms with Crippen molar-refractivity contribution in [2.45, 2.75) is 34.6 Å². The van der Waals surface area contributed by atoms with Crippen molar-refractivity contribution in [1.29, 1.82) is 0 Å². The van der Waals surface area contributed by atoms with Crippen LogP contribution in [0.5, 0.6) is 0 Å². The first-order chi connectivity index (χ1) is 8.90. The van der Waals surface area contributed by atoms with Gasteiger partial charge >= 0.3 is 0 Å². The Labute approximate surface area is 115 Å². The molecule has 0 saturated heterocycles. The van der Waals surface area contributed by atoms with E-state index in [1.165, 1.54) is 5.56 Å². The van der Waals surface area contributed by atoms with Crippen LogP contribution in [-0.4, -0.2) is 5.78 Å². The Morgan fingerprint density at radius 3 is 1.89 bits per heavy atom. The Morgan fingerprint density at radius 2 is 1.32 bits per heavy atom. The molecule has 0 aliphatic carbocycles. The normalized spacial score (nSPS) is 10.6. The van der Waals surface area contributed by atoms with E-state index in [9.17, 15) is 4.79 Å². The van der Waals surface area contributed by atoms with Crippen LogP contribution in [0.2, 0.25) is 0 Å². The second kappa shape index (κ2) is 5.00. The maximum absolute atomic E-state index is 12.8. The van der Waals surface area contributed by atoms with Gasteiger partial charge in [0.15, 0.2) is 5.78 Å². The first-order valence-electron chi connectivity index (χ1n) is 6.60. The number of ketones is 1. The molecule has 2 rings (SSSR count). The average molecular weight is 252 g/mol. The molecule has 0 aromatic heterocycles. The van der Waals surface area contributed by atoms with Crippen LogP contribution in [0.25, 0.3) is 0 Å². The molecule has 0 atom stereocenters. The third kappa shape index (κ3) is 2.60. The molecule has 19 heavy (non-hydrogen) atoms. The lowest BCUT2D eigenvalue weighted by Crippen LogP contribution is -2.08. The van der Waals surface area contributed by atoms with Gasteiger partial charge in [-0.2, -0.15) is 0 Å². The van der Waals surface area contributed by atoms with E-state index >= 15 is 0 Å². The van der Waals surface area contributed by atoms with Gasteiger partial charge < -0.3 is 0 Å². The van der Waals surface area contributed by atoms with Crippen LogP contribution >= 0.6 is 0 Å². The van der Waals surface area contributed by atoms with Gasteiger partial charge in [0.1, 0.15) is 0 Å². The van der Waals surface area contributed by atoms with E-state index < -0.39 is 0 Å². The molecule has 1 heteroatoms. The molecule has 0 aliphatic rings. The Balaban J connectivity index is 2.59. The molecule has 0 spiro atoms. The van der Waals surface area contributed by atoms with E-state index in [-0.39, 0.29) is 5.78 Å². The van der Waals surface area contributed by atoms with Gasteiger partial charge in [0.05, 0.1) is 0 Å².